The fourth-order valence-electron chi connectivity index (χ4n) is 4.19. The van der Waals surface area contributed by atoms with Crippen molar-refractivity contribution >= 4 is 32.7 Å². The lowest BCUT2D eigenvalue weighted by molar-refractivity contribution is -0.141. The molecular formula is C25H27NO7S. The molecular weight excluding hydrogens is 458 g/mol. The van der Waals surface area contributed by atoms with Gasteiger partial charge >= 0.3 is 5.97 Å². The first kappa shape index (κ1) is 23.8. The molecule has 2 atom stereocenters. The third-order valence-corrected chi connectivity index (χ3v) is 7.66. The number of rotatable bonds is 8. The van der Waals surface area contributed by atoms with Crippen LogP contribution >= 0.6 is 0 Å². The molecule has 2 aromatic carbocycles. The SMILES string of the molecule is CCN(C(=O)[C@@H](C)OC(=O)c1oc2ccccc2c1COc1ccccc1)[C@@H]1CCS(=O)(=O)C1. The summed E-state index contributed by atoms with van der Waals surface area (Å²) in [6.07, 6.45) is -0.723. The number of benzene rings is 2. The van der Waals surface area contributed by atoms with Gasteiger partial charge in [-0.15, -0.1) is 0 Å². The molecule has 1 aliphatic rings. The summed E-state index contributed by atoms with van der Waals surface area (Å²) in [5.74, 6) is -0.615. The van der Waals surface area contributed by atoms with Crippen molar-refractivity contribution in [1.29, 1.82) is 0 Å². The molecule has 1 amide bonds. The Kier molecular flexibility index (Phi) is 6.92. The van der Waals surface area contributed by atoms with Gasteiger partial charge < -0.3 is 18.8 Å². The number of sulfone groups is 1. The van der Waals surface area contributed by atoms with Crippen LogP contribution in [0, 0.1) is 0 Å². The highest BCUT2D eigenvalue weighted by molar-refractivity contribution is 7.91. The quantitative estimate of drug-likeness (QED) is 0.449. The lowest BCUT2D eigenvalue weighted by Gasteiger charge is -2.29. The summed E-state index contributed by atoms with van der Waals surface area (Å²) in [5.41, 5.74) is 1.03. The molecule has 34 heavy (non-hydrogen) atoms. The van der Waals surface area contributed by atoms with Gasteiger partial charge in [-0.05, 0) is 38.5 Å². The highest BCUT2D eigenvalue weighted by atomic mass is 32.2. The summed E-state index contributed by atoms with van der Waals surface area (Å²) in [7, 11) is -3.16. The van der Waals surface area contributed by atoms with Crippen LogP contribution in [-0.4, -0.2) is 55.4 Å². The van der Waals surface area contributed by atoms with Crippen molar-refractivity contribution in [2.24, 2.45) is 0 Å². The van der Waals surface area contributed by atoms with Crippen LogP contribution in [-0.2, 0) is 26.0 Å². The van der Waals surface area contributed by atoms with Crippen LogP contribution in [0.25, 0.3) is 11.0 Å². The van der Waals surface area contributed by atoms with Crippen LogP contribution in [0.15, 0.2) is 59.0 Å². The summed E-state index contributed by atoms with van der Waals surface area (Å²) in [6.45, 7) is 3.65. The van der Waals surface area contributed by atoms with Crippen molar-refractivity contribution in [1.82, 2.24) is 4.90 Å². The maximum atomic E-state index is 13.1. The predicted octanol–water partition coefficient (Wildman–Crippen LogP) is 3.59. The summed E-state index contributed by atoms with van der Waals surface area (Å²) in [6, 6.07) is 16.0. The zero-order valence-electron chi connectivity index (χ0n) is 19.1. The summed E-state index contributed by atoms with van der Waals surface area (Å²) < 4.78 is 40.8. The number of esters is 1. The highest BCUT2D eigenvalue weighted by Crippen LogP contribution is 2.28. The number of likely N-dealkylation sites (N-methyl/N-ethyl adjacent to an activating group) is 1. The van der Waals surface area contributed by atoms with E-state index in [0.29, 0.717) is 29.9 Å². The minimum Gasteiger partial charge on any atom is -0.489 e. The van der Waals surface area contributed by atoms with E-state index in [1.807, 2.05) is 42.5 Å². The standard InChI is InChI=1S/C25H27NO7S/c1-3-26(18-13-14-34(29,30)16-18)24(27)17(2)32-25(28)23-21(15-31-19-9-5-4-6-10-19)20-11-7-8-12-22(20)33-23/h4-12,17-18H,3,13-16H2,1-2H3/t17-,18-/m1/s1. The van der Waals surface area contributed by atoms with Gasteiger partial charge in [-0.25, -0.2) is 13.2 Å². The summed E-state index contributed by atoms with van der Waals surface area (Å²) >= 11 is 0. The first-order valence-corrected chi connectivity index (χ1v) is 13.0. The Balaban J connectivity index is 1.52. The molecule has 1 aliphatic heterocycles. The Morgan fingerprint density at radius 2 is 1.82 bits per heavy atom. The second kappa shape index (κ2) is 9.89. The molecule has 9 heteroatoms. The molecule has 0 saturated carbocycles. The van der Waals surface area contributed by atoms with Crippen LogP contribution in [0.4, 0.5) is 0 Å². The van der Waals surface area contributed by atoms with E-state index >= 15 is 0 Å². The molecule has 0 aliphatic carbocycles. The molecule has 0 N–H and O–H groups in total. The number of carbonyl (C=O) groups excluding carboxylic acids is 2. The van der Waals surface area contributed by atoms with E-state index in [-0.39, 0.29) is 23.9 Å². The Morgan fingerprint density at radius 3 is 2.50 bits per heavy atom. The smallest absolute Gasteiger partial charge is 0.375 e. The monoisotopic (exact) mass is 485 g/mol. The third kappa shape index (κ3) is 5.09. The largest absolute Gasteiger partial charge is 0.489 e. The number of para-hydroxylation sites is 2. The average Bonchev–Trinajstić information content (AvgIpc) is 3.38. The van der Waals surface area contributed by atoms with Gasteiger partial charge in [0.1, 0.15) is 17.9 Å². The van der Waals surface area contributed by atoms with Crippen LogP contribution in [0.3, 0.4) is 0 Å². The van der Waals surface area contributed by atoms with E-state index < -0.39 is 33.9 Å². The van der Waals surface area contributed by atoms with E-state index in [2.05, 4.69) is 0 Å². The fourth-order valence-corrected chi connectivity index (χ4v) is 5.92. The number of hydrogen-bond donors (Lipinski definition) is 0. The number of hydrogen-bond acceptors (Lipinski definition) is 7. The molecule has 1 saturated heterocycles. The molecule has 1 fully saturated rings. The number of carbonyl (C=O) groups is 2. The molecule has 0 radical (unpaired) electrons. The van der Waals surface area contributed by atoms with E-state index in [1.165, 1.54) is 11.8 Å². The summed E-state index contributed by atoms with van der Waals surface area (Å²) in [5, 5.41) is 0.718. The second-order valence-electron chi connectivity index (χ2n) is 8.24. The predicted molar refractivity (Wildman–Crippen MR) is 126 cm³/mol. The number of amides is 1. The van der Waals surface area contributed by atoms with Gasteiger partial charge in [0.2, 0.25) is 5.76 Å². The van der Waals surface area contributed by atoms with Crippen LogP contribution < -0.4 is 4.74 Å². The molecule has 8 nitrogen and oxygen atoms in total. The third-order valence-electron chi connectivity index (χ3n) is 5.91. The van der Waals surface area contributed by atoms with Gasteiger partial charge in [0.05, 0.1) is 17.1 Å². The van der Waals surface area contributed by atoms with E-state index in [4.69, 9.17) is 13.9 Å². The molecule has 0 bridgehead atoms. The van der Waals surface area contributed by atoms with Gasteiger partial charge in [-0.1, -0.05) is 36.4 Å². The minimum absolute atomic E-state index is 0.0247. The first-order chi connectivity index (χ1) is 16.3. The van der Waals surface area contributed by atoms with Gasteiger partial charge in [-0.2, -0.15) is 0 Å². The highest BCUT2D eigenvalue weighted by Gasteiger charge is 2.36. The molecule has 4 rings (SSSR count). The van der Waals surface area contributed by atoms with Gasteiger partial charge in [0.15, 0.2) is 15.9 Å². The topological polar surface area (TPSA) is 103 Å². The van der Waals surface area contributed by atoms with Gasteiger partial charge in [0.25, 0.3) is 5.91 Å². The van der Waals surface area contributed by atoms with Crippen LogP contribution in [0.2, 0.25) is 0 Å². The Bertz CT molecular complexity index is 1280. The first-order valence-electron chi connectivity index (χ1n) is 11.2. The normalized spacial score (nSPS) is 17.9. The Labute approximate surface area is 198 Å². The van der Waals surface area contributed by atoms with Gasteiger partial charge in [0, 0.05) is 18.0 Å². The number of nitrogens with zero attached hydrogens (tertiary/aromatic N) is 1. The average molecular weight is 486 g/mol. The molecule has 0 unspecified atom stereocenters. The van der Waals surface area contributed by atoms with Crippen molar-refractivity contribution in [3.8, 4) is 5.75 Å². The number of ether oxygens (including phenoxy) is 2. The maximum Gasteiger partial charge on any atom is 0.375 e. The zero-order valence-corrected chi connectivity index (χ0v) is 19.9. The van der Waals surface area contributed by atoms with E-state index in [9.17, 15) is 18.0 Å². The zero-order chi connectivity index (χ0) is 24.3. The summed E-state index contributed by atoms with van der Waals surface area (Å²) in [4.78, 5) is 27.5. The van der Waals surface area contributed by atoms with Crippen molar-refractivity contribution in [3.05, 3.63) is 65.9 Å². The number of furan rings is 1. The Morgan fingerprint density at radius 1 is 1.12 bits per heavy atom. The van der Waals surface area contributed by atoms with Gasteiger partial charge in [-0.3, -0.25) is 4.79 Å². The van der Waals surface area contributed by atoms with E-state index in [0.717, 1.165) is 5.39 Å². The van der Waals surface area contributed by atoms with Crippen LogP contribution in [0.5, 0.6) is 5.75 Å². The Hall–Kier alpha value is -3.33. The molecule has 0 spiro atoms. The molecule has 1 aromatic heterocycles. The molecule has 3 aromatic rings. The van der Waals surface area contributed by atoms with Crippen LogP contribution in [0.1, 0.15) is 36.4 Å². The second-order valence-corrected chi connectivity index (χ2v) is 10.5. The fraction of sp³-hybridized carbons (Fsp3) is 0.360. The molecule has 180 valence electrons. The lowest BCUT2D eigenvalue weighted by atomic mass is 10.1. The van der Waals surface area contributed by atoms with Crippen molar-refractivity contribution in [2.75, 3.05) is 18.1 Å². The molecule has 2 heterocycles. The minimum atomic E-state index is -3.16. The van der Waals surface area contributed by atoms with Crippen molar-refractivity contribution in [2.45, 2.75) is 39.0 Å². The lowest BCUT2D eigenvalue weighted by Crippen LogP contribution is -2.46. The number of fused-ring (bicyclic) bond motifs is 1. The van der Waals surface area contributed by atoms with E-state index in [1.54, 1.807) is 19.1 Å². The van der Waals surface area contributed by atoms with Crippen molar-refractivity contribution in [3.63, 3.8) is 0 Å². The maximum absolute atomic E-state index is 13.1. The van der Waals surface area contributed by atoms with Crippen molar-refractivity contribution < 1.29 is 31.9 Å².